The second-order valence-electron chi connectivity index (χ2n) is 6.16. The normalized spacial score (nSPS) is 22.7. The third kappa shape index (κ3) is 3.13. The standard InChI is InChI=1S/C16H22N2O4S/c1-12-11-22-8-7-18(12)23(20,21)16-4-3-14-5-6-17(13(2)19)10-15(14)9-16/h3-4,9,12H,5-8,10-11H2,1-2H3. The van der Waals surface area contributed by atoms with Gasteiger partial charge in [0, 0.05) is 32.6 Å². The lowest BCUT2D eigenvalue weighted by Gasteiger charge is -2.33. The Kier molecular flexibility index (Phi) is 4.44. The van der Waals surface area contributed by atoms with E-state index in [0.717, 1.165) is 17.5 Å². The highest BCUT2D eigenvalue weighted by Crippen LogP contribution is 2.26. The fourth-order valence-electron chi connectivity index (χ4n) is 3.17. The highest BCUT2D eigenvalue weighted by Gasteiger charge is 2.32. The average Bonchev–Trinajstić information content (AvgIpc) is 2.54. The van der Waals surface area contributed by atoms with E-state index in [0.29, 0.717) is 37.7 Å². The van der Waals surface area contributed by atoms with Gasteiger partial charge in [0.1, 0.15) is 0 Å². The maximum Gasteiger partial charge on any atom is 0.243 e. The zero-order chi connectivity index (χ0) is 16.6. The maximum atomic E-state index is 12.9. The van der Waals surface area contributed by atoms with Crippen LogP contribution in [0.25, 0.3) is 0 Å². The molecule has 1 unspecified atom stereocenters. The van der Waals surface area contributed by atoms with E-state index in [9.17, 15) is 13.2 Å². The first-order chi connectivity index (χ1) is 10.9. The van der Waals surface area contributed by atoms with Crippen molar-refractivity contribution < 1.29 is 17.9 Å². The number of sulfonamides is 1. The molecule has 23 heavy (non-hydrogen) atoms. The molecule has 0 N–H and O–H groups in total. The zero-order valence-electron chi connectivity index (χ0n) is 13.5. The highest BCUT2D eigenvalue weighted by atomic mass is 32.2. The number of hydrogen-bond donors (Lipinski definition) is 0. The molecule has 0 spiro atoms. The Balaban J connectivity index is 1.92. The van der Waals surface area contributed by atoms with Gasteiger partial charge in [0.2, 0.25) is 15.9 Å². The number of rotatable bonds is 2. The van der Waals surface area contributed by atoms with Crippen LogP contribution in [0.5, 0.6) is 0 Å². The van der Waals surface area contributed by atoms with Crippen molar-refractivity contribution in [2.75, 3.05) is 26.3 Å². The van der Waals surface area contributed by atoms with Gasteiger partial charge in [-0.1, -0.05) is 6.07 Å². The molecule has 126 valence electrons. The van der Waals surface area contributed by atoms with Crippen LogP contribution >= 0.6 is 0 Å². The van der Waals surface area contributed by atoms with Gasteiger partial charge < -0.3 is 9.64 Å². The summed E-state index contributed by atoms with van der Waals surface area (Å²) in [5.41, 5.74) is 2.05. The molecule has 6 nitrogen and oxygen atoms in total. The Bertz CT molecular complexity index is 717. The minimum Gasteiger partial charge on any atom is -0.378 e. The molecule has 0 radical (unpaired) electrons. The number of fused-ring (bicyclic) bond motifs is 1. The Morgan fingerprint density at radius 1 is 1.26 bits per heavy atom. The number of morpholine rings is 1. The summed E-state index contributed by atoms with van der Waals surface area (Å²) in [6.45, 7) is 5.78. The molecule has 3 rings (SSSR count). The quantitative estimate of drug-likeness (QED) is 0.807. The van der Waals surface area contributed by atoms with E-state index < -0.39 is 10.0 Å². The molecule has 1 aromatic carbocycles. The van der Waals surface area contributed by atoms with E-state index in [1.165, 1.54) is 4.31 Å². The smallest absolute Gasteiger partial charge is 0.243 e. The summed E-state index contributed by atoms with van der Waals surface area (Å²) < 4.78 is 32.6. The number of amides is 1. The predicted molar refractivity (Wildman–Crippen MR) is 85.4 cm³/mol. The summed E-state index contributed by atoms with van der Waals surface area (Å²) in [5, 5.41) is 0. The van der Waals surface area contributed by atoms with Crippen molar-refractivity contribution in [1.82, 2.24) is 9.21 Å². The number of ether oxygens (including phenoxy) is 1. The van der Waals surface area contributed by atoms with Crippen LogP contribution in [0.4, 0.5) is 0 Å². The summed E-state index contributed by atoms with van der Waals surface area (Å²) >= 11 is 0. The van der Waals surface area contributed by atoms with Gasteiger partial charge in [0.15, 0.2) is 0 Å². The molecule has 0 bridgehead atoms. The van der Waals surface area contributed by atoms with Crippen LogP contribution in [0.1, 0.15) is 25.0 Å². The third-order valence-corrected chi connectivity index (χ3v) is 6.56. The Morgan fingerprint density at radius 3 is 2.74 bits per heavy atom. The Labute approximate surface area is 137 Å². The first-order valence-corrected chi connectivity index (χ1v) is 9.30. The zero-order valence-corrected chi connectivity index (χ0v) is 14.3. The number of nitrogens with zero attached hydrogens (tertiary/aromatic N) is 2. The van der Waals surface area contributed by atoms with E-state index in [-0.39, 0.29) is 11.9 Å². The van der Waals surface area contributed by atoms with Gasteiger partial charge in [-0.3, -0.25) is 4.79 Å². The molecule has 1 saturated heterocycles. The Morgan fingerprint density at radius 2 is 2.04 bits per heavy atom. The van der Waals surface area contributed by atoms with Gasteiger partial charge in [-0.25, -0.2) is 8.42 Å². The SMILES string of the molecule is CC(=O)N1CCc2ccc(S(=O)(=O)N3CCOCC3C)cc2C1. The molecule has 2 aliphatic rings. The molecule has 1 atom stereocenters. The van der Waals surface area contributed by atoms with E-state index in [2.05, 4.69) is 0 Å². The summed E-state index contributed by atoms with van der Waals surface area (Å²) in [7, 11) is -3.53. The van der Waals surface area contributed by atoms with Crippen molar-refractivity contribution >= 4 is 15.9 Å². The summed E-state index contributed by atoms with van der Waals surface area (Å²) in [6, 6.07) is 5.12. The lowest BCUT2D eigenvalue weighted by atomic mass is 10.00. The summed E-state index contributed by atoms with van der Waals surface area (Å²) in [4.78, 5) is 13.6. The topological polar surface area (TPSA) is 66.9 Å². The third-order valence-electron chi connectivity index (χ3n) is 4.55. The van der Waals surface area contributed by atoms with Crippen molar-refractivity contribution in [2.24, 2.45) is 0 Å². The van der Waals surface area contributed by atoms with Crippen LogP contribution in [0, 0.1) is 0 Å². The van der Waals surface area contributed by atoms with Crippen molar-refractivity contribution in [3.8, 4) is 0 Å². The molecule has 7 heteroatoms. The monoisotopic (exact) mass is 338 g/mol. The van der Waals surface area contributed by atoms with Crippen LogP contribution in [0.3, 0.4) is 0 Å². The second kappa shape index (κ2) is 6.22. The van der Waals surface area contributed by atoms with E-state index in [1.807, 2.05) is 13.0 Å². The largest absolute Gasteiger partial charge is 0.378 e. The number of carbonyl (C=O) groups is 1. The summed E-state index contributed by atoms with van der Waals surface area (Å²) in [5.74, 6) is 0.0192. The van der Waals surface area contributed by atoms with E-state index >= 15 is 0 Å². The van der Waals surface area contributed by atoms with Gasteiger partial charge in [-0.2, -0.15) is 4.31 Å². The van der Waals surface area contributed by atoms with Crippen molar-refractivity contribution in [3.05, 3.63) is 29.3 Å². The first-order valence-electron chi connectivity index (χ1n) is 7.86. The lowest BCUT2D eigenvalue weighted by molar-refractivity contribution is -0.129. The predicted octanol–water partition coefficient (Wildman–Crippen LogP) is 1.00. The highest BCUT2D eigenvalue weighted by molar-refractivity contribution is 7.89. The van der Waals surface area contributed by atoms with Crippen molar-refractivity contribution in [1.29, 1.82) is 0 Å². The molecule has 1 amide bonds. The summed E-state index contributed by atoms with van der Waals surface area (Å²) in [6.07, 6.45) is 0.767. The van der Waals surface area contributed by atoms with Gasteiger partial charge in [0.25, 0.3) is 0 Å². The van der Waals surface area contributed by atoms with Crippen LogP contribution < -0.4 is 0 Å². The first kappa shape index (κ1) is 16.4. The molecule has 0 aromatic heterocycles. The molecule has 1 fully saturated rings. The second-order valence-corrected chi connectivity index (χ2v) is 8.05. The van der Waals surface area contributed by atoms with Crippen LogP contribution in [0.15, 0.2) is 23.1 Å². The maximum absolute atomic E-state index is 12.9. The van der Waals surface area contributed by atoms with E-state index in [4.69, 9.17) is 4.74 Å². The van der Waals surface area contributed by atoms with Gasteiger partial charge in [-0.15, -0.1) is 0 Å². The van der Waals surface area contributed by atoms with Crippen molar-refractivity contribution in [2.45, 2.75) is 37.8 Å². The van der Waals surface area contributed by atoms with E-state index in [1.54, 1.807) is 24.0 Å². The lowest BCUT2D eigenvalue weighted by Crippen LogP contribution is -2.47. The number of benzene rings is 1. The molecule has 1 aromatic rings. The van der Waals surface area contributed by atoms with Gasteiger partial charge >= 0.3 is 0 Å². The fraction of sp³-hybridized carbons (Fsp3) is 0.562. The van der Waals surface area contributed by atoms with Gasteiger partial charge in [0.05, 0.1) is 18.1 Å². The molecule has 2 heterocycles. The Hall–Kier alpha value is -1.44. The average molecular weight is 338 g/mol. The van der Waals surface area contributed by atoms with Crippen LogP contribution in [0.2, 0.25) is 0 Å². The van der Waals surface area contributed by atoms with Gasteiger partial charge in [-0.05, 0) is 36.6 Å². The van der Waals surface area contributed by atoms with Crippen LogP contribution in [-0.4, -0.2) is 55.9 Å². The number of hydrogen-bond acceptors (Lipinski definition) is 4. The fourth-order valence-corrected chi connectivity index (χ4v) is 4.82. The minimum atomic E-state index is -3.53. The molecule has 2 aliphatic heterocycles. The minimum absolute atomic E-state index is 0.0192. The molecular formula is C16H22N2O4S. The molecular weight excluding hydrogens is 316 g/mol. The molecule has 0 saturated carbocycles. The van der Waals surface area contributed by atoms with Crippen LogP contribution in [-0.2, 0) is 32.5 Å². The van der Waals surface area contributed by atoms with Crippen molar-refractivity contribution in [3.63, 3.8) is 0 Å². The molecule has 0 aliphatic carbocycles. The number of carbonyl (C=O) groups excluding carboxylic acids is 1.